The Morgan fingerprint density at radius 3 is 2.33 bits per heavy atom. The van der Waals surface area contributed by atoms with Gasteiger partial charge in [0.25, 0.3) is 0 Å². The van der Waals surface area contributed by atoms with Gasteiger partial charge in [-0.1, -0.05) is 36.8 Å². The summed E-state index contributed by atoms with van der Waals surface area (Å²) in [6, 6.07) is 9.89. The van der Waals surface area contributed by atoms with Crippen molar-refractivity contribution in [2.45, 2.75) is 32.2 Å². The molecule has 1 aromatic carbocycles. The molecule has 0 bridgehead atoms. The highest BCUT2D eigenvalue weighted by Gasteiger charge is 2.57. The SMILES string of the molecule is C[C@H](c1ccccc1)N1CC(=O)C2(CCC2)C1=O. The van der Waals surface area contributed by atoms with Crippen molar-refractivity contribution in [2.75, 3.05) is 6.54 Å². The fourth-order valence-electron chi connectivity index (χ4n) is 3.02. The second-order valence-electron chi connectivity index (χ2n) is 5.38. The van der Waals surface area contributed by atoms with Crippen LogP contribution in [0.25, 0.3) is 0 Å². The molecule has 1 aliphatic carbocycles. The van der Waals surface area contributed by atoms with Crippen LogP contribution in [0.4, 0.5) is 0 Å². The first-order valence-electron chi connectivity index (χ1n) is 6.54. The van der Waals surface area contributed by atoms with Gasteiger partial charge in [0.2, 0.25) is 5.91 Å². The number of carbonyl (C=O) groups is 2. The fourth-order valence-corrected chi connectivity index (χ4v) is 3.02. The Labute approximate surface area is 107 Å². The minimum absolute atomic E-state index is 0.0115. The number of likely N-dealkylation sites (tertiary alicyclic amines) is 1. The van der Waals surface area contributed by atoms with E-state index in [-0.39, 0.29) is 24.3 Å². The zero-order valence-corrected chi connectivity index (χ0v) is 10.6. The van der Waals surface area contributed by atoms with Gasteiger partial charge in [0, 0.05) is 0 Å². The highest BCUT2D eigenvalue weighted by atomic mass is 16.2. The van der Waals surface area contributed by atoms with Crippen molar-refractivity contribution in [1.82, 2.24) is 4.90 Å². The first kappa shape index (κ1) is 11.5. The Kier molecular flexibility index (Phi) is 2.51. The summed E-state index contributed by atoms with van der Waals surface area (Å²) < 4.78 is 0. The van der Waals surface area contributed by atoms with Crippen LogP contribution in [0.15, 0.2) is 30.3 Å². The van der Waals surface area contributed by atoms with Crippen LogP contribution in [-0.4, -0.2) is 23.1 Å². The number of nitrogens with zero attached hydrogens (tertiary/aromatic N) is 1. The van der Waals surface area contributed by atoms with E-state index in [1.54, 1.807) is 4.90 Å². The lowest BCUT2D eigenvalue weighted by Crippen LogP contribution is -2.43. The second-order valence-corrected chi connectivity index (χ2v) is 5.38. The summed E-state index contributed by atoms with van der Waals surface area (Å²) in [6.45, 7) is 2.28. The summed E-state index contributed by atoms with van der Waals surface area (Å²) in [5, 5.41) is 0. The van der Waals surface area contributed by atoms with Gasteiger partial charge in [-0.05, 0) is 25.3 Å². The third kappa shape index (κ3) is 1.43. The standard InChI is InChI=1S/C15H17NO2/c1-11(12-6-3-2-4-7-12)16-10-13(17)15(14(16)18)8-5-9-15/h2-4,6-7,11H,5,8-10H2,1H3/t11-/m1/s1. The summed E-state index contributed by atoms with van der Waals surface area (Å²) in [5.74, 6) is 0.177. The Morgan fingerprint density at radius 1 is 1.17 bits per heavy atom. The van der Waals surface area contributed by atoms with E-state index in [0.29, 0.717) is 0 Å². The van der Waals surface area contributed by atoms with Gasteiger partial charge in [-0.25, -0.2) is 0 Å². The van der Waals surface area contributed by atoms with Crippen molar-refractivity contribution >= 4 is 11.7 Å². The summed E-state index contributed by atoms with van der Waals surface area (Å²) in [5.41, 5.74) is 0.457. The molecule has 1 aliphatic heterocycles. The van der Waals surface area contributed by atoms with E-state index in [0.717, 1.165) is 24.8 Å². The zero-order chi connectivity index (χ0) is 12.8. The largest absolute Gasteiger partial charge is 0.328 e. The van der Waals surface area contributed by atoms with Crippen LogP contribution in [0, 0.1) is 5.41 Å². The van der Waals surface area contributed by atoms with E-state index < -0.39 is 5.41 Å². The molecule has 2 aliphatic rings. The van der Waals surface area contributed by atoms with E-state index in [1.165, 1.54) is 0 Å². The minimum atomic E-state index is -0.636. The van der Waals surface area contributed by atoms with Crippen molar-refractivity contribution in [1.29, 1.82) is 0 Å². The van der Waals surface area contributed by atoms with Crippen molar-refractivity contribution in [3.8, 4) is 0 Å². The number of carbonyl (C=O) groups excluding carboxylic acids is 2. The molecule has 1 saturated carbocycles. The van der Waals surface area contributed by atoms with Crippen LogP contribution in [0.2, 0.25) is 0 Å². The zero-order valence-electron chi connectivity index (χ0n) is 10.6. The lowest BCUT2D eigenvalue weighted by molar-refractivity contribution is -0.145. The topological polar surface area (TPSA) is 37.4 Å². The predicted octanol–water partition coefficient (Wildman–Crippen LogP) is 2.33. The average molecular weight is 243 g/mol. The maximum absolute atomic E-state index is 12.4. The lowest BCUT2D eigenvalue weighted by Gasteiger charge is -2.35. The van der Waals surface area contributed by atoms with E-state index in [9.17, 15) is 9.59 Å². The molecule has 0 radical (unpaired) electrons. The van der Waals surface area contributed by atoms with Crippen LogP contribution >= 0.6 is 0 Å². The first-order chi connectivity index (χ1) is 8.65. The van der Waals surface area contributed by atoms with Crippen molar-refractivity contribution < 1.29 is 9.59 Å². The predicted molar refractivity (Wildman–Crippen MR) is 67.9 cm³/mol. The molecule has 3 heteroatoms. The number of rotatable bonds is 2. The normalized spacial score (nSPS) is 23.3. The molecule has 1 saturated heterocycles. The molecule has 3 rings (SSSR count). The van der Waals surface area contributed by atoms with Gasteiger partial charge >= 0.3 is 0 Å². The van der Waals surface area contributed by atoms with Gasteiger partial charge in [-0.3, -0.25) is 9.59 Å². The summed E-state index contributed by atoms with van der Waals surface area (Å²) in [4.78, 5) is 26.3. The Balaban J connectivity index is 1.86. The van der Waals surface area contributed by atoms with Crippen LogP contribution in [0.3, 0.4) is 0 Å². The molecule has 1 heterocycles. The number of ketones is 1. The molecule has 1 aromatic rings. The van der Waals surface area contributed by atoms with Crippen LogP contribution in [0.5, 0.6) is 0 Å². The van der Waals surface area contributed by atoms with Crippen molar-refractivity contribution in [3.63, 3.8) is 0 Å². The average Bonchev–Trinajstić information content (AvgIpc) is 2.61. The van der Waals surface area contributed by atoms with Crippen LogP contribution < -0.4 is 0 Å². The van der Waals surface area contributed by atoms with Gasteiger partial charge < -0.3 is 4.90 Å². The Bertz CT molecular complexity index is 490. The first-order valence-corrected chi connectivity index (χ1v) is 6.54. The van der Waals surface area contributed by atoms with Gasteiger partial charge in [0.05, 0.1) is 12.6 Å². The molecule has 0 unspecified atom stereocenters. The molecule has 1 atom stereocenters. The molecule has 1 spiro atoms. The van der Waals surface area contributed by atoms with Crippen molar-refractivity contribution in [2.24, 2.45) is 5.41 Å². The molecule has 0 N–H and O–H groups in total. The Morgan fingerprint density at radius 2 is 1.83 bits per heavy atom. The maximum atomic E-state index is 12.4. The summed E-state index contributed by atoms with van der Waals surface area (Å²) >= 11 is 0. The van der Waals surface area contributed by atoms with E-state index >= 15 is 0 Å². The lowest BCUT2D eigenvalue weighted by atomic mass is 9.67. The third-order valence-electron chi connectivity index (χ3n) is 4.47. The highest BCUT2D eigenvalue weighted by Crippen LogP contribution is 2.48. The number of hydrogen-bond donors (Lipinski definition) is 0. The molecule has 0 aromatic heterocycles. The van der Waals surface area contributed by atoms with Gasteiger partial charge in [-0.2, -0.15) is 0 Å². The maximum Gasteiger partial charge on any atom is 0.237 e. The van der Waals surface area contributed by atoms with Crippen LogP contribution in [-0.2, 0) is 9.59 Å². The molecule has 1 amide bonds. The number of Topliss-reactive ketones (excluding diaryl/α,β-unsaturated/α-hetero) is 1. The van der Waals surface area contributed by atoms with E-state index in [2.05, 4.69) is 0 Å². The minimum Gasteiger partial charge on any atom is -0.328 e. The summed E-state index contributed by atoms with van der Waals surface area (Å²) in [6.07, 6.45) is 2.51. The smallest absolute Gasteiger partial charge is 0.237 e. The van der Waals surface area contributed by atoms with Crippen LogP contribution in [0.1, 0.15) is 37.8 Å². The second kappa shape index (κ2) is 3.94. The number of hydrogen-bond acceptors (Lipinski definition) is 2. The van der Waals surface area contributed by atoms with Gasteiger partial charge in [-0.15, -0.1) is 0 Å². The molecular weight excluding hydrogens is 226 g/mol. The quantitative estimate of drug-likeness (QED) is 0.748. The van der Waals surface area contributed by atoms with Gasteiger partial charge in [0.15, 0.2) is 5.78 Å². The van der Waals surface area contributed by atoms with Gasteiger partial charge in [0.1, 0.15) is 5.41 Å². The third-order valence-corrected chi connectivity index (χ3v) is 4.47. The number of amides is 1. The van der Waals surface area contributed by atoms with Crippen molar-refractivity contribution in [3.05, 3.63) is 35.9 Å². The molecular formula is C15H17NO2. The molecule has 3 nitrogen and oxygen atoms in total. The molecule has 2 fully saturated rings. The molecule has 94 valence electrons. The monoisotopic (exact) mass is 243 g/mol. The molecule has 18 heavy (non-hydrogen) atoms. The Hall–Kier alpha value is -1.64. The number of benzene rings is 1. The van der Waals surface area contributed by atoms with E-state index in [1.807, 2.05) is 37.3 Å². The van der Waals surface area contributed by atoms with E-state index in [4.69, 9.17) is 0 Å². The fraction of sp³-hybridized carbons (Fsp3) is 0.467. The summed E-state index contributed by atoms with van der Waals surface area (Å²) in [7, 11) is 0. The highest BCUT2D eigenvalue weighted by molar-refractivity contribution is 6.13.